The number of hydrogen-bond donors (Lipinski definition) is 1. The maximum absolute atomic E-state index is 13.9. The normalized spacial score (nSPS) is 15.1. The van der Waals surface area contributed by atoms with Crippen LogP contribution in [0.1, 0.15) is 34.9 Å². The van der Waals surface area contributed by atoms with Gasteiger partial charge in [-0.2, -0.15) is 5.10 Å². The summed E-state index contributed by atoms with van der Waals surface area (Å²) >= 11 is 5.89. The number of rotatable bonds is 3. The Morgan fingerprint density at radius 2 is 2.07 bits per heavy atom. The topological polar surface area (TPSA) is 87.7 Å². The molecule has 7 nitrogen and oxygen atoms in total. The molecule has 1 N–H and O–H groups in total. The number of likely N-dealkylation sites (tertiary alicyclic amines) is 1. The molecule has 0 atom stereocenters. The van der Waals surface area contributed by atoms with E-state index in [9.17, 15) is 9.18 Å². The van der Waals surface area contributed by atoms with Crippen molar-refractivity contribution in [3.63, 3.8) is 0 Å². The van der Waals surface area contributed by atoms with Gasteiger partial charge >= 0.3 is 0 Å². The van der Waals surface area contributed by atoms with E-state index in [4.69, 9.17) is 11.6 Å². The van der Waals surface area contributed by atoms with Crippen molar-refractivity contribution in [1.82, 2.24) is 30.0 Å². The fourth-order valence-electron chi connectivity index (χ4n) is 3.17. The van der Waals surface area contributed by atoms with Crippen molar-refractivity contribution < 1.29 is 9.18 Å². The maximum Gasteiger partial charge on any atom is 0.256 e. The van der Waals surface area contributed by atoms with Gasteiger partial charge in [-0.1, -0.05) is 11.6 Å². The van der Waals surface area contributed by atoms with E-state index in [0.29, 0.717) is 42.5 Å². The number of carbonyl (C=O) groups is 1. The molecule has 0 radical (unpaired) electrons. The molecule has 1 aliphatic heterocycles. The van der Waals surface area contributed by atoms with Crippen molar-refractivity contribution in [3.05, 3.63) is 59.0 Å². The minimum Gasteiger partial charge on any atom is -0.339 e. The molecule has 1 fully saturated rings. The molecule has 1 amide bonds. The number of aromatic amines is 1. The summed E-state index contributed by atoms with van der Waals surface area (Å²) in [6.45, 7) is 1.02. The number of benzene rings is 1. The van der Waals surface area contributed by atoms with E-state index in [-0.39, 0.29) is 17.4 Å². The molecule has 3 aromatic rings. The van der Waals surface area contributed by atoms with Crippen LogP contribution >= 0.6 is 11.6 Å². The van der Waals surface area contributed by atoms with Crippen LogP contribution in [-0.2, 0) is 0 Å². The summed E-state index contributed by atoms with van der Waals surface area (Å²) in [4.78, 5) is 26.9. The van der Waals surface area contributed by atoms with Gasteiger partial charge in [-0.05, 0) is 31.0 Å². The van der Waals surface area contributed by atoms with Gasteiger partial charge in [-0.25, -0.2) is 14.4 Å². The third-order valence-electron chi connectivity index (χ3n) is 4.62. The molecule has 0 spiro atoms. The molecule has 0 bridgehead atoms. The Balaban J connectivity index is 1.43. The number of halogens is 2. The van der Waals surface area contributed by atoms with E-state index in [1.165, 1.54) is 18.2 Å². The second kappa shape index (κ2) is 7.40. The first kappa shape index (κ1) is 17.5. The van der Waals surface area contributed by atoms with E-state index in [1.54, 1.807) is 23.5 Å². The molecule has 4 rings (SSSR count). The molecule has 0 unspecified atom stereocenters. The highest BCUT2D eigenvalue weighted by Gasteiger charge is 2.28. The summed E-state index contributed by atoms with van der Waals surface area (Å²) in [5, 5.41) is 7.50. The smallest absolute Gasteiger partial charge is 0.256 e. The summed E-state index contributed by atoms with van der Waals surface area (Å²) in [5.74, 6) is 0.507. The molecule has 138 valence electrons. The molecule has 1 saturated heterocycles. The monoisotopic (exact) mass is 386 g/mol. The molecule has 2 aromatic heterocycles. The van der Waals surface area contributed by atoms with Crippen LogP contribution in [0.5, 0.6) is 0 Å². The van der Waals surface area contributed by atoms with E-state index in [0.717, 1.165) is 5.82 Å². The number of aromatic nitrogens is 5. The quantitative estimate of drug-likeness (QED) is 0.747. The number of carbonyl (C=O) groups excluding carboxylic acids is 1. The average Bonchev–Trinajstić information content (AvgIpc) is 3.20. The standard InChI is InChI=1S/C18H16ClFN6O/c19-12-1-2-14(20)13(9-12)18(27)26-7-3-11(4-8-26)16-23-17(25-24-16)15-10-21-5-6-22-15/h1-2,5-6,9-11H,3-4,7-8H2,(H,23,24,25). The number of piperidine rings is 1. The van der Waals surface area contributed by atoms with E-state index in [1.807, 2.05) is 0 Å². The fourth-order valence-corrected chi connectivity index (χ4v) is 3.35. The van der Waals surface area contributed by atoms with Crippen molar-refractivity contribution in [1.29, 1.82) is 0 Å². The molecule has 3 heterocycles. The van der Waals surface area contributed by atoms with Crippen molar-refractivity contribution in [2.45, 2.75) is 18.8 Å². The van der Waals surface area contributed by atoms with Gasteiger partial charge in [0.25, 0.3) is 5.91 Å². The summed E-state index contributed by atoms with van der Waals surface area (Å²) in [5.41, 5.74) is 0.606. The highest BCUT2D eigenvalue weighted by molar-refractivity contribution is 6.31. The third kappa shape index (κ3) is 3.66. The van der Waals surface area contributed by atoms with Gasteiger partial charge in [-0.15, -0.1) is 0 Å². The molecular weight excluding hydrogens is 371 g/mol. The van der Waals surface area contributed by atoms with Crippen LogP contribution < -0.4 is 0 Å². The Hall–Kier alpha value is -2.87. The van der Waals surface area contributed by atoms with Gasteiger partial charge in [0.2, 0.25) is 5.82 Å². The number of hydrogen-bond acceptors (Lipinski definition) is 5. The van der Waals surface area contributed by atoms with Crippen molar-refractivity contribution in [2.75, 3.05) is 13.1 Å². The molecular formula is C18H16ClFN6O. The highest BCUT2D eigenvalue weighted by atomic mass is 35.5. The molecule has 9 heteroatoms. The summed E-state index contributed by atoms with van der Waals surface area (Å²) in [6, 6.07) is 4.01. The summed E-state index contributed by atoms with van der Waals surface area (Å²) in [7, 11) is 0. The van der Waals surface area contributed by atoms with Crippen molar-refractivity contribution >= 4 is 17.5 Å². The van der Waals surface area contributed by atoms with E-state index in [2.05, 4.69) is 25.1 Å². The zero-order chi connectivity index (χ0) is 18.8. The van der Waals surface area contributed by atoms with Crippen LogP contribution in [0.2, 0.25) is 5.02 Å². The Morgan fingerprint density at radius 3 is 2.81 bits per heavy atom. The van der Waals surface area contributed by atoms with Crippen LogP contribution in [0, 0.1) is 5.82 Å². The summed E-state index contributed by atoms with van der Waals surface area (Å²) < 4.78 is 13.9. The lowest BCUT2D eigenvalue weighted by Gasteiger charge is -2.31. The molecule has 27 heavy (non-hydrogen) atoms. The molecule has 1 aliphatic rings. The van der Waals surface area contributed by atoms with Crippen LogP contribution in [0.25, 0.3) is 11.5 Å². The zero-order valence-corrected chi connectivity index (χ0v) is 15.0. The Bertz CT molecular complexity index is 955. The molecule has 1 aromatic carbocycles. The Kier molecular flexibility index (Phi) is 4.81. The van der Waals surface area contributed by atoms with Gasteiger partial charge in [0, 0.05) is 36.4 Å². The predicted molar refractivity (Wildman–Crippen MR) is 96.7 cm³/mol. The van der Waals surface area contributed by atoms with Gasteiger partial charge in [0.05, 0.1) is 11.8 Å². The average molecular weight is 387 g/mol. The predicted octanol–water partition coefficient (Wildman–Crippen LogP) is 3.07. The van der Waals surface area contributed by atoms with Gasteiger partial charge in [0.15, 0.2) is 0 Å². The van der Waals surface area contributed by atoms with Crippen LogP contribution in [0.15, 0.2) is 36.8 Å². The van der Waals surface area contributed by atoms with E-state index < -0.39 is 5.82 Å². The Morgan fingerprint density at radius 1 is 1.26 bits per heavy atom. The molecule has 0 aliphatic carbocycles. The van der Waals surface area contributed by atoms with Crippen LogP contribution in [0.4, 0.5) is 4.39 Å². The van der Waals surface area contributed by atoms with Crippen LogP contribution in [0.3, 0.4) is 0 Å². The lowest BCUT2D eigenvalue weighted by molar-refractivity contribution is 0.0706. The first-order valence-electron chi connectivity index (χ1n) is 8.55. The SMILES string of the molecule is O=C(c1cc(Cl)ccc1F)N1CCC(c2nc(-c3cnccn3)n[nH]2)CC1. The minimum atomic E-state index is -0.560. The first-order chi connectivity index (χ1) is 13.1. The van der Waals surface area contributed by atoms with Gasteiger partial charge in [0.1, 0.15) is 17.3 Å². The van der Waals surface area contributed by atoms with Gasteiger partial charge in [-0.3, -0.25) is 14.9 Å². The largest absolute Gasteiger partial charge is 0.339 e. The van der Waals surface area contributed by atoms with Gasteiger partial charge < -0.3 is 4.90 Å². The lowest BCUT2D eigenvalue weighted by atomic mass is 9.95. The second-order valence-electron chi connectivity index (χ2n) is 6.33. The number of nitrogens with one attached hydrogen (secondary N) is 1. The fraction of sp³-hybridized carbons (Fsp3) is 0.278. The number of amides is 1. The van der Waals surface area contributed by atoms with Crippen molar-refractivity contribution in [3.8, 4) is 11.5 Å². The Labute approximate surface area is 159 Å². The maximum atomic E-state index is 13.9. The number of H-pyrrole nitrogens is 1. The number of nitrogens with zero attached hydrogens (tertiary/aromatic N) is 5. The summed E-state index contributed by atoms with van der Waals surface area (Å²) in [6.07, 6.45) is 6.21. The second-order valence-corrected chi connectivity index (χ2v) is 6.76. The first-order valence-corrected chi connectivity index (χ1v) is 8.92. The molecule has 0 saturated carbocycles. The van der Waals surface area contributed by atoms with E-state index >= 15 is 0 Å². The minimum absolute atomic E-state index is 0.00514. The third-order valence-corrected chi connectivity index (χ3v) is 4.86. The lowest BCUT2D eigenvalue weighted by Crippen LogP contribution is -2.38. The van der Waals surface area contributed by atoms with Crippen molar-refractivity contribution in [2.24, 2.45) is 0 Å². The highest BCUT2D eigenvalue weighted by Crippen LogP contribution is 2.28. The van der Waals surface area contributed by atoms with Crippen LogP contribution in [-0.4, -0.2) is 49.0 Å². The zero-order valence-electron chi connectivity index (χ0n) is 14.3.